The lowest BCUT2D eigenvalue weighted by Crippen LogP contribution is -2.27. The van der Waals surface area contributed by atoms with Crippen molar-refractivity contribution in [3.8, 4) is 0 Å². The Bertz CT molecular complexity index is 479. The fourth-order valence-corrected chi connectivity index (χ4v) is 3.23. The molecule has 2 atom stereocenters. The van der Waals surface area contributed by atoms with Crippen LogP contribution in [0.5, 0.6) is 0 Å². The van der Waals surface area contributed by atoms with Crippen molar-refractivity contribution in [2.45, 2.75) is 30.8 Å². The third kappa shape index (κ3) is 4.73. The van der Waals surface area contributed by atoms with E-state index in [0.29, 0.717) is 12.3 Å². The topological polar surface area (TPSA) is 52.6 Å². The molecule has 1 fully saturated rings. The van der Waals surface area contributed by atoms with E-state index in [0.717, 1.165) is 36.6 Å². The Morgan fingerprint density at radius 1 is 1.52 bits per heavy atom. The highest BCUT2D eigenvalue weighted by Gasteiger charge is 2.25. The van der Waals surface area contributed by atoms with Gasteiger partial charge in [-0.1, -0.05) is 12.1 Å². The summed E-state index contributed by atoms with van der Waals surface area (Å²) in [7, 11) is 0. The number of rotatable bonds is 6. The maximum Gasteiger partial charge on any atom is 0.225 e. The lowest BCUT2D eigenvalue weighted by molar-refractivity contribution is -0.116. The zero-order chi connectivity index (χ0) is 15.2. The summed E-state index contributed by atoms with van der Waals surface area (Å²) in [5.41, 5.74) is 0.887. The van der Waals surface area contributed by atoms with Crippen molar-refractivity contribution in [2.75, 3.05) is 31.2 Å². The first kappa shape index (κ1) is 16.3. The monoisotopic (exact) mass is 308 g/mol. The zero-order valence-corrected chi connectivity index (χ0v) is 13.5. The van der Waals surface area contributed by atoms with E-state index in [1.807, 2.05) is 37.4 Å². The average molecular weight is 308 g/mol. The van der Waals surface area contributed by atoms with Crippen LogP contribution in [0.4, 0.5) is 5.69 Å². The van der Waals surface area contributed by atoms with Gasteiger partial charge in [-0.2, -0.15) is 0 Å². The van der Waals surface area contributed by atoms with E-state index in [-0.39, 0.29) is 12.0 Å². The van der Waals surface area contributed by atoms with Crippen LogP contribution < -0.4 is 5.32 Å². The van der Waals surface area contributed by atoms with Crippen molar-refractivity contribution < 1.29 is 9.90 Å². The minimum absolute atomic E-state index is 0.0528. The van der Waals surface area contributed by atoms with Gasteiger partial charge in [-0.05, 0) is 44.2 Å². The molecule has 2 unspecified atom stereocenters. The fraction of sp³-hybridized carbons (Fsp3) is 0.562. The molecule has 0 spiro atoms. The van der Waals surface area contributed by atoms with Crippen LogP contribution in [0.1, 0.15) is 19.8 Å². The summed E-state index contributed by atoms with van der Waals surface area (Å²) >= 11 is 1.63. The molecule has 1 aliphatic rings. The van der Waals surface area contributed by atoms with Gasteiger partial charge in [-0.15, -0.1) is 11.8 Å². The summed E-state index contributed by atoms with van der Waals surface area (Å²) < 4.78 is 0. The van der Waals surface area contributed by atoms with Gasteiger partial charge in [0.05, 0.1) is 11.8 Å². The average Bonchev–Trinajstić information content (AvgIpc) is 2.95. The molecule has 0 saturated carbocycles. The maximum absolute atomic E-state index is 12.1. The quantitative estimate of drug-likeness (QED) is 0.793. The van der Waals surface area contributed by atoms with Gasteiger partial charge in [-0.3, -0.25) is 4.79 Å². The minimum atomic E-state index is -0.253. The summed E-state index contributed by atoms with van der Waals surface area (Å²) in [5.74, 6) is 0.405. The first-order valence-electron chi connectivity index (χ1n) is 7.43. The Hall–Kier alpha value is -1.04. The van der Waals surface area contributed by atoms with E-state index >= 15 is 0 Å². The summed E-state index contributed by atoms with van der Waals surface area (Å²) in [6.07, 6.45) is 3.27. The molecular formula is C16H24N2O2S. The molecule has 116 valence electrons. The van der Waals surface area contributed by atoms with Crippen LogP contribution in [0.25, 0.3) is 0 Å². The summed E-state index contributed by atoms with van der Waals surface area (Å²) in [5, 5.41) is 12.6. The van der Waals surface area contributed by atoms with Gasteiger partial charge >= 0.3 is 0 Å². The minimum Gasteiger partial charge on any atom is -0.393 e. The molecule has 1 amide bonds. The van der Waals surface area contributed by atoms with Crippen molar-refractivity contribution in [2.24, 2.45) is 5.92 Å². The smallest absolute Gasteiger partial charge is 0.225 e. The van der Waals surface area contributed by atoms with Crippen molar-refractivity contribution in [3.05, 3.63) is 24.3 Å². The molecule has 4 nitrogen and oxygen atoms in total. The van der Waals surface area contributed by atoms with Crippen molar-refractivity contribution in [1.82, 2.24) is 4.90 Å². The molecule has 0 aromatic heterocycles. The highest BCUT2D eigenvalue weighted by Crippen LogP contribution is 2.25. The highest BCUT2D eigenvalue weighted by atomic mass is 32.2. The number of nitrogens with one attached hydrogen (secondary N) is 1. The molecule has 1 saturated heterocycles. The Morgan fingerprint density at radius 2 is 2.29 bits per heavy atom. The summed E-state index contributed by atoms with van der Waals surface area (Å²) in [6.45, 7) is 4.48. The molecule has 5 heteroatoms. The second-order valence-electron chi connectivity index (χ2n) is 5.59. The maximum atomic E-state index is 12.1. The molecule has 1 heterocycles. The number of anilines is 1. The Morgan fingerprint density at radius 3 is 2.95 bits per heavy atom. The van der Waals surface area contributed by atoms with E-state index < -0.39 is 0 Å². The number of likely N-dealkylation sites (tertiary alicyclic amines) is 1. The second-order valence-corrected chi connectivity index (χ2v) is 6.44. The Labute approximate surface area is 130 Å². The number of benzene rings is 1. The molecule has 0 aliphatic carbocycles. The van der Waals surface area contributed by atoms with E-state index in [1.54, 1.807) is 11.8 Å². The molecule has 0 radical (unpaired) electrons. The number of nitrogens with zero attached hydrogens (tertiary/aromatic N) is 1. The Kier molecular flexibility index (Phi) is 6.08. The van der Waals surface area contributed by atoms with Gasteiger partial charge in [0.15, 0.2) is 0 Å². The largest absolute Gasteiger partial charge is 0.393 e. The molecule has 2 N–H and O–H groups in total. The lowest BCUT2D eigenvalue weighted by Gasteiger charge is -2.17. The number of hydrogen-bond donors (Lipinski definition) is 2. The third-order valence-corrected chi connectivity index (χ3v) is 4.82. The SMILES string of the molecule is CSc1ccccc1NC(=O)CCN1CCC(C(C)O)C1. The van der Waals surface area contributed by atoms with Gasteiger partial charge in [0, 0.05) is 24.4 Å². The number of carbonyl (C=O) groups excluding carboxylic acids is 1. The summed E-state index contributed by atoms with van der Waals surface area (Å²) in [6, 6.07) is 7.85. The van der Waals surface area contributed by atoms with Crippen LogP contribution in [-0.4, -0.2) is 47.9 Å². The van der Waals surface area contributed by atoms with Crippen LogP contribution in [0.15, 0.2) is 29.2 Å². The third-order valence-electron chi connectivity index (χ3n) is 4.03. The lowest BCUT2D eigenvalue weighted by atomic mass is 10.0. The number of aliphatic hydroxyl groups excluding tert-OH is 1. The standard InChI is InChI=1S/C16H24N2O2S/c1-12(19)13-7-9-18(11-13)10-8-16(20)17-14-5-3-4-6-15(14)21-2/h3-6,12-13,19H,7-11H2,1-2H3,(H,17,20). The van der Waals surface area contributed by atoms with Crippen LogP contribution >= 0.6 is 11.8 Å². The van der Waals surface area contributed by atoms with Gasteiger partial charge < -0.3 is 15.3 Å². The second kappa shape index (κ2) is 7.82. The number of thioether (sulfide) groups is 1. The van der Waals surface area contributed by atoms with Crippen molar-refractivity contribution in [3.63, 3.8) is 0 Å². The number of carbonyl (C=O) groups is 1. The van der Waals surface area contributed by atoms with Crippen molar-refractivity contribution in [1.29, 1.82) is 0 Å². The molecule has 1 aromatic carbocycles. The Balaban J connectivity index is 1.78. The van der Waals surface area contributed by atoms with Crippen molar-refractivity contribution >= 4 is 23.4 Å². The molecule has 21 heavy (non-hydrogen) atoms. The van der Waals surface area contributed by atoms with Gasteiger partial charge in [-0.25, -0.2) is 0 Å². The number of amides is 1. The fourth-order valence-electron chi connectivity index (χ4n) is 2.68. The predicted octanol–water partition coefficient (Wildman–Crippen LogP) is 2.44. The number of hydrogen-bond acceptors (Lipinski definition) is 4. The first-order valence-corrected chi connectivity index (χ1v) is 8.66. The van der Waals surface area contributed by atoms with Gasteiger partial charge in [0.25, 0.3) is 0 Å². The molecule has 1 aromatic rings. The highest BCUT2D eigenvalue weighted by molar-refractivity contribution is 7.98. The number of para-hydroxylation sites is 1. The zero-order valence-electron chi connectivity index (χ0n) is 12.7. The van der Waals surface area contributed by atoms with E-state index in [9.17, 15) is 9.90 Å². The molecule has 0 bridgehead atoms. The van der Waals surface area contributed by atoms with E-state index in [2.05, 4.69) is 10.2 Å². The van der Waals surface area contributed by atoms with E-state index in [1.165, 1.54) is 0 Å². The van der Waals surface area contributed by atoms with Gasteiger partial charge in [0.2, 0.25) is 5.91 Å². The van der Waals surface area contributed by atoms with Gasteiger partial charge in [0.1, 0.15) is 0 Å². The first-order chi connectivity index (χ1) is 10.1. The molecule has 1 aliphatic heterocycles. The van der Waals surface area contributed by atoms with Crippen LogP contribution in [0, 0.1) is 5.92 Å². The molecule has 2 rings (SSSR count). The number of aliphatic hydroxyl groups is 1. The van der Waals surface area contributed by atoms with E-state index in [4.69, 9.17) is 0 Å². The van der Waals surface area contributed by atoms with Crippen LogP contribution in [-0.2, 0) is 4.79 Å². The normalized spacial score (nSPS) is 20.4. The molecular weight excluding hydrogens is 284 g/mol. The van der Waals surface area contributed by atoms with Crippen LogP contribution in [0.2, 0.25) is 0 Å². The summed E-state index contributed by atoms with van der Waals surface area (Å²) in [4.78, 5) is 15.4. The van der Waals surface area contributed by atoms with Crippen LogP contribution in [0.3, 0.4) is 0 Å². The predicted molar refractivity (Wildman–Crippen MR) is 87.7 cm³/mol.